The number of carbonyl (C=O) groups excluding carboxylic acids is 2. The van der Waals surface area contributed by atoms with E-state index in [1.165, 1.54) is 4.90 Å². The lowest BCUT2D eigenvalue weighted by molar-refractivity contribution is -0.156. The summed E-state index contributed by atoms with van der Waals surface area (Å²) in [6.45, 7) is 2.82. The second-order valence-corrected chi connectivity index (χ2v) is 7.80. The van der Waals surface area contributed by atoms with Gasteiger partial charge >= 0.3 is 0 Å². The molecule has 0 radical (unpaired) electrons. The first-order valence-corrected chi connectivity index (χ1v) is 9.53. The van der Waals surface area contributed by atoms with Gasteiger partial charge in [-0.1, -0.05) is 25.0 Å². The Morgan fingerprint density at radius 1 is 1.15 bits per heavy atom. The van der Waals surface area contributed by atoms with Crippen LogP contribution >= 0.6 is 0 Å². The Morgan fingerprint density at radius 3 is 2.50 bits per heavy atom. The fraction of sp³-hybridized carbons (Fsp3) is 0.600. The van der Waals surface area contributed by atoms with Gasteiger partial charge in [-0.05, 0) is 37.3 Å². The molecule has 6 heteroatoms. The fourth-order valence-electron chi connectivity index (χ4n) is 4.48. The van der Waals surface area contributed by atoms with E-state index in [1.54, 1.807) is 0 Å². The largest absolute Gasteiger partial charge is 0.486 e. The van der Waals surface area contributed by atoms with Crippen LogP contribution in [0.15, 0.2) is 24.3 Å². The molecule has 2 atom stereocenters. The van der Waals surface area contributed by atoms with Gasteiger partial charge < -0.3 is 9.47 Å². The number of rotatable bonds is 4. The quantitative estimate of drug-likeness (QED) is 0.838. The van der Waals surface area contributed by atoms with E-state index < -0.39 is 0 Å². The average molecular weight is 358 g/mol. The molecule has 140 valence electrons. The Morgan fingerprint density at radius 2 is 1.81 bits per heavy atom. The summed E-state index contributed by atoms with van der Waals surface area (Å²) in [6.07, 6.45) is 4.80. The van der Waals surface area contributed by atoms with Gasteiger partial charge in [0, 0.05) is 19.4 Å². The highest BCUT2D eigenvalue weighted by Crippen LogP contribution is 2.47. The molecular formula is C20H26N2O4. The third kappa shape index (κ3) is 3.30. The third-order valence-corrected chi connectivity index (χ3v) is 5.85. The number of nitrogens with zero attached hydrogens (tertiary/aromatic N) is 1. The van der Waals surface area contributed by atoms with Crippen molar-refractivity contribution in [3.05, 3.63) is 24.3 Å². The minimum absolute atomic E-state index is 0.0469. The SMILES string of the molecule is CC(NCC1COc2ccccc2O1)N1C(=O)CC2(CCCC2)CC1=O. The predicted octanol–water partition coefficient (Wildman–Crippen LogP) is 2.47. The topological polar surface area (TPSA) is 67.9 Å². The van der Waals surface area contributed by atoms with Gasteiger partial charge in [0.2, 0.25) is 11.8 Å². The zero-order valence-electron chi connectivity index (χ0n) is 15.2. The Kier molecular flexibility index (Phi) is 4.61. The number of ether oxygens (including phenoxy) is 2. The molecule has 2 unspecified atom stereocenters. The number of piperidine rings is 1. The number of hydrogen-bond donors (Lipinski definition) is 1. The van der Waals surface area contributed by atoms with E-state index in [4.69, 9.17) is 9.47 Å². The van der Waals surface area contributed by atoms with Crippen LogP contribution in [0.1, 0.15) is 45.4 Å². The average Bonchev–Trinajstić information content (AvgIpc) is 3.06. The number of nitrogens with one attached hydrogen (secondary N) is 1. The van der Waals surface area contributed by atoms with E-state index in [-0.39, 0.29) is 29.5 Å². The van der Waals surface area contributed by atoms with Crippen LogP contribution in [0, 0.1) is 5.41 Å². The monoisotopic (exact) mass is 358 g/mol. The van der Waals surface area contributed by atoms with Gasteiger partial charge in [0.1, 0.15) is 12.7 Å². The Balaban J connectivity index is 1.33. The van der Waals surface area contributed by atoms with Crippen molar-refractivity contribution in [3.8, 4) is 11.5 Å². The van der Waals surface area contributed by atoms with Crippen molar-refractivity contribution in [1.29, 1.82) is 0 Å². The summed E-state index contributed by atoms with van der Waals surface area (Å²) >= 11 is 0. The first kappa shape index (κ1) is 17.3. The van der Waals surface area contributed by atoms with E-state index in [0.29, 0.717) is 26.0 Å². The van der Waals surface area contributed by atoms with Crippen LogP contribution in [-0.4, -0.2) is 42.1 Å². The lowest BCUT2D eigenvalue weighted by Gasteiger charge is -2.40. The first-order valence-electron chi connectivity index (χ1n) is 9.53. The van der Waals surface area contributed by atoms with E-state index in [0.717, 1.165) is 37.2 Å². The maximum atomic E-state index is 12.6. The number of para-hydroxylation sites is 2. The van der Waals surface area contributed by atoms with Crippen LogP contribution in [0.2, 0.25) is 0 Å². The Hall–Kier alpha value is -2.08. The highest BCUT2D eigenvalue weighted by molar-refractivity contribution is 5.98. The number of hydrogen-bond acceptors (Lipinski definition) is 5. The molecule has 6 nitrogen and oxygen atoms in total. The molecule has 1 aromatic carbocycles. The third-order valence-electron chi connectivity index (χ3n) is 5.85. The van der Waals surface area contributed by atoms with Gasteiger partial charge in [-0.3, -0.25) is 19.8 Å². The van der Waals surface area contributed by atoms with Gasteiger partial charge in [0.05, 0.1) is 6.17 Å². The minimum atomic E-state index is -0.338. The van der Waals surface area contributed by atoms with Crippen molar-refractivity contribution < 1.29 is 19.1 Å². The van der Waals surface area contributed by atoms with Crippen LogP contribution < -0.4 is 14.8 Å². The molecule has 1 saturated carbocycles. The molecule has 4 rings (SSSR count). The van der Waals surface area contributed by atoms with Crippen molar-refractivity contribution in [3.63, 3.8) is 0 Å². The number of likely N-dealkylation sites (tertiary alicyclic amines) is 1. The van der Waals surface area contributed by atoms with Crippen molar-refractivity contribution in [1.82, 2.24) is 10.2 Å². The molecule has 1 spiro atoms. The van der Waals surface area contributed by atoms with Crippen molar-refractivity contribution in [2.75, 3.05) is 13.2 Å². The summed E-state index contributed by atoms with van der Waals surface area (Å²) in [4.78, 5) is 26.7. The van der Waals surface area contributed by atoms with E-state index in [1.807, 2.05) is 31.2 Å². The second kappa shape index (κ2) is 6.91. The van der Waals surface area contributed by atoms with Crippen molar-refractivity contribution in [2.45, 2.75) is 57.7 Å². The molecule has 1 aromatic rings. The van der Waals surface area contributed by atoms with Crippen molar-refractivity contribution >= 4 is 11.8 Å². The van der Waals surface area contributed by atoms with Gasteiger partial charge in [0.25, 0.3) is 0 Å². The highest BCUT2D eigenvalue weighted by Gasteiger charge is 2.46. The molecule has 1 N–H and O–H groups in total. The van der Waals surface area contributed by atoms with Crippen LogP contribution in [-0.2, 0) is 9.59 Å². The molecule has 3 aliphatic rings. The number of benzene rings is 1. The van der Waals surface area contributed by atoms with Crippen LogP contribution in [0.5, 0.6) is 11.5 Å². The fourth-order valence-corrected chi connectivity index (χ4v) is 4.48. The van der Waals surface area contributed by atoms with Crippen LogP contribution in [0.4, 0.5) is 0 Å². The lowest BCUT2D eigenvalue weighted by Crippen LogP contribution is -2.57. The van der Waals surface area contributed by atoms with E-state index >= 15 is 0 Å². The number of amides is 2. The zero-order chi connectivity index (χ0) is 18.1. The standard InChI is InChI=1S/C20H26N2O4/c1-14(21-12-15-13-25-16-6-2-3-7-17(16)26-15)22-18(23)10-20(11-19(22)24)8-4-5-9-20/h2-3,6-7,14-15,21H,4-5,8-13H2,1H3. The summed E-state index contributed by atoms with van der Waals surface area (Å²) < 4.78 is 11.6. The molecule has 0 bridgehead atoms. The van der Waals surface area contributed by atoms with Crippen LogP contribution in [0.25, 0.3) is 0 Å². The van der Waals surface area contributed by atoms with Crippen molar-refractivity contribution in [2.24, 2.45) is 5.41 Å². The summed E-state index contributed by atoms with van der Waals surface area (Å²) in [5, 5.41) is 3.27. The number of imide groups is 1. The highest BCUT2D eigenvalue weighted by atomic mass is 16.6. The predicted molar refractivity (Wildman–Crippen MR) is 95.8 cm³/mol. The van der Waals surface area contributed by atoms with Gasteiger partial charge in [-0.25, -0.2) is 0 Å². The summed E-state index contributed by atoms with van der Waals surface area (Å²) in [6, 6.07) is 7.58. The molecular weight excluding hydrogens is 332 g/mol. The molecule has 2 aliphatic heterocycles. The summed E-state index contributed by atoms with van der Waals surface area (Å²) in [5.41, 5.74) is -0.0611. The zero-order valence-corrected chi connectivity index (χ0v) is 15.2. The van der Waals surface area contributed by atoms with Gasteiger partial charge in [0.15, 0.2) is 11.5 Å². The molecule has 2 heterocycles. The number of carbonyl (C=O) groups is 2. The molecule has 2 fully saturated rings. The molecule has 1 saturated heterocycles. The molecule has 0 aromatic heterocycles. The normalized spacial score (nSPS) is 25.6. The maximum absolute atomic E-state index is 12.6. The summed E-state index contributed by atoms with van der Waals surface area (Å²) in [5.74, 6) is 1.38. The molecule has 1 aliphatic carbocycles. The maximum Gasteiger partial charge on any atom is 0.231 e. The second-order valence-electron chi connectivity index (χ2n) is 7.80. The summed E-state index contributed by atoms with van der Waals surface area (Å²) in [7, 11) is 0. The van der Waals surface area contributed by atoms with Gasteiger partial charge in [-0.15, -0.1) is 0 Å². The number of fused-ring (bicyclic) bond motifs is 1. The lowest BCUT2D eigenvalue weighted by atomic mass is 9.76. The molecule has 2 amide bonds. The Bertz CT molecular complexity index is 679. The molecule has 26 heavy (non-hydrogen) atoms. The smallest absolute Gasteiger partial charge is 0.231 e. The van der Waals surface area contributed by atoms with E-state index in [9.17, 15) is 9.59 Å². The van der Waals surface area contributed by atoms with Gasteiger partial charge in [-0.2, -0.15) is 0 Å². The minimum Gasteiger partial charge on any atom is -0.486 e. The Labute approximate surface area is 153 Å². The first-order chi connectivity index (χ1) is 12.6. The van der Waals surface area contributed by atoms with E-state index in [2.05, 4.69) is 5.32 Å². The van der Waals surface area contributed by atoms with Crippen LogP contribution in [0.3, 0.4) is 0 Å².